The standard InChI is InChI=1S/C13H16ClNO3S/c1-2-8-18-9-7-15-10-13(19(14,16)17)11-5-3-4-6-12(11)15/h3-6,10H,2,7-9H2,1H3. The normalized spacial score (nSPS) is 12.1. The Bertz CT molecular complexity index is 664. The number of fused-ring (bicyclic) bond motifs is 1. The number of benzene rings is 1. The van der Waals surface area contributed by atoms with Crippen molar-refractivity contribution in [2.24, 2.45) is 0 Å². The van der Waals surface area contributed by atoms with E-state index < -0.39 is 9.05 Å². The van der Waals surface area contributed by atoms with Crippen LogP contribution in [0.15, 0.2) is 35.4 Å². The second kappa shape index (κ2) is 5.94. The van der Waals surface area contributed by atoms with Crippen LogP contribution in [0.25, 0.3) is 10.9 Å². The minimum absolute atomic E-state index is 0.153. The van der Waals surface area contributed by atoms with Crippen LogP contribution >= 0.6 is 10.7 Å². The highest BCUT2D eigenvalue weighted by Gasteiger charge is 2.18. The Labute approximate surface area is 117 Å². The molecule has 0 atom stereocenters. The number of halogens is 1. The summed E-state index contributed by atoms with van der Waals surface area (Å²) in [6.45, 7) is 3.91. The van der Waals surface area contributed by atoms with Crippen LogP contribution in [0.3, 0.4) is 0 Å². The van der Waals surface area contributed by atoms with E-state index in [1.807, 2.05) is 23.6 Å². The zero-order chi connectivity index (χ0) is 13.9. The molecule has 0 spiro atoms. The number of nitrogens with zero attached hydrogens (tertiary/aromatic N) is 1. The van der Waals surface area contributed by atoms with Gasteiger partial charge in [-0.1, -0.05) is 25.1 Å². The summed E-state index contributed by atoms with van der Waals surface area (Å²) in [6.07, 6.45) is 2.54. The summed E-state index contributed by atoms with van der Waals surface area (Å²) < 4.78 is 30.4. The van der Waals surface area contributed by atoms with Crippen molar-refractivity contribution in [1.82, 2.24) is 4.57 Å². The molecule has 0 aliphatic carbocycles. The molecule has 1 aromatic carbocycles. The molecule has 0 saturated heterocycles. The smallest absolute Gasteiger partial charge is 0.263 e. The number of hydrogen-bond acceptors (Lipinski definition) is 3. The van der Waals surface area contributed by atoms with Gasteiger partial charge in [-0.15, -0.1) is 0 Å². The zero-order valence-corrected chi connectivity index (χ0v) is 12.2. The maximum atomic E-state index is 11.6. The quantitative estimate of drug-likeness (QED) is 0.609. The highest BCUT2D eigenvalue weighted by atomic mass is 35.7. The molecule has 1 aromatic heterocycles. The van der Waals surface area contributed by atoms with Crippen molar-refractivity contribution in [3.8, 4) is 0 Å². The number of hydrogen-bond donors (Lipinski definition) is 0. The molecule has 19 heavy (non-hydrogen) atoms. The van der Waals surface area contributed by atoms with E-state index >= 15 is 0 Å². The lowest BCUT2D eigenvalue weighted by atomic mass is 10.2. The Morgan fingerprint density at radius 1 is 1.26 bits per heavy atom. The van der Waals surface area contributed by atoms with Crippen molar-refractivity contribution in [3.63, 3.8) is 0 Å². The molecule has 104 valence electrons. The second-order valence-electron chi connectivity index (χ2n) is 4.25. The summed E-state index contributed by atoms with van der Waals surface area (Å²) in [5.41, 5.74) is 0.849. The molecule has 0 fully saturated rings. The van der Waals surface area contributed by atoms with Gasteiger partial charge in [0.25, 0.3) is 9.05 Å². The summed E-state index contributed by atoms with van der Waals surface area (Å²) in [6, 6.07) is 7.30. The lowest BCUT2D eigenvalue weighted by molar-refractivity contribution is 0.127. The van der Waals surface area contributed by atoms with Gasteiger partial charge < -0.3 is 9.30 Å². The SMILES string of the molecule is CCCOCCn1cc(S(=O)(=O)Cl)c2ccccc21. The van der Waals surface area contributed by atoms with Crippen LogP contribution in [-0.4, -0.2) is 26.2 Å². The third-order valence-corrected chi connectivity index (χ3v) is 4.19. The monoisotopic (exact) mass is 301 g/mol. The van der Waals surface area contributed by atoms with Crippen LogP contribution in [0, 0.1) is 0 Å². The topological polar surface area (TPSA) is 48.3 Å². The molecule has 0 radical (unpaired) electrons. The average molecular weight is 302 g/mol. The van der Waals surface area contributed by atoms with Gasteiger partial charge in [-0.05, 0) is 12.5 Å². The molecule has 0 unspecified atom stereocenters. The summed E-state index contributed by atoms with van der Waals surface area (Å²) in [7, 11) is 1.73. The van der Waals surface area contributed by atoms with Gasteiger partial charge in [0.15, 0.2) is 0 Å². The molecule has 2 rings (SSSR count). The van der Waals surface area contributed by atoms with Gasteiger partial charge in [0.05, 0.1) is 6.61 Å². The average Bonchev–Trinajstić information content (AvgIpc) is 2.74. The van der Waals surface area contributed by atoms with Gasteiger partial charge in [-0.2, -0.15) is 0 Å². The van der Waals surface area contributed by atoms with Crippen LogP contribution in [0.5, 0.6) is 0 Å². The first-order valence-electron chi connectivity index (χ1n) is 6.14. The first-order valence-corrected chi connectivity index (χ1v) is 8.45. The molecule has 2 aromatic rings. The molecule has 0 aliphatic rings. The largest absolute Gasteiger partial charge is 0.380 e. The molecule has 0 aliphatic heterocycles. The minimum atomic E-state index is -3.73. The van der Waals surface area contributed by atoms with E-state index in [1.54, 1.807) is 18.3 Å². The van der Waals surface area contributed by atoms with Crippen molar-refractivity contribution >= 4 is 30.6 Å². The lowest BCUT2D eigenvalue weighted by Gasteiger charge is -2.05. The van der Waals surface area contributed by atoms with E-state index in [4.69, 9.17) is 15.4 Å². The van der Waals surface area contributed by atoms with E-state index in [9.17, 15) is 8.42 Å². The van der Waals surface area contributed by atoms with Crippen molar-refractivity contribution < 1.29 is 13.2 Å². The van der Waals surface area contributed by atoms with Gasteiger partial charge in [0, 0.05) is 40.9 Å². The minimum Gasteiger partial charge on any atom is -0.380 e. The van der Waals surface area contributed by atoms with Crippen molar-refractivity contribution in [3.05, 3.63) is 30.5 Å². The van der Waals surface area contributed by atoms with Crippen molar-refractivity contribution in [2.75, 3.05) is 13.2 Å². The van der Waals surface area contributed by atoms with Crippen LogP contribution in [-0.2, 0) is 20.3 Å². The number of para-hydroxylation sites is 1. The van der Waals surface area contributed by atoms with Gasteiger partial charge in [-0.25, -0.2) is 8.42 Å². The summed E-state index contributed by atoms with van der Waals surface area (Å²) in [4.78, 5) is 0.153. The van der Waals surface area contributed by atoms with E-state index in [1.165, 1.54) is 0 Å². The first-order chi connectivity index (χ1) is 9.04. The Balaban J connectivity index is 2.34. The predicted molar refractivity (Wildman–Crippen MR) is 76.1 cm³/mol. The van der Waals surface area contributed by atoms with Crippen molar-refractivity contribution in [1.29, 1.82) is 0 Å². The summed E-state index contributed by atoms with van der Waals surface area (Å²) in [5, 5.41) is 0.646. The van der Waals surface area contributed by atoms with Gasteiger partial charge >= 0.3 is 0 Å². The Morgan fingerprint density at radius 3 is 2.68 bits per heavy atom. The Kier molecular flexibility index (Phi) is 4.50. The molecule has 4 nitrogen and oxygen atoms in total. The molecule has 0 N–H and O–H groups in total. The fourth-order valence-electron chi connectivity index (χ4n) is 2.00. The third kappa shape index (κ3) is 3.29. The molecular formula is C13H16ClNO3S. The second-order valence-corrected chi connectivity index (χ2v) is 6.79. The highest BCUT2D eigenvalue weighted by Crippen LogP contribution is 2.27. The molecule has 0 saturated carbocycles. The van der Waals surface area contributed by atoms with E-state index in [0.29, 0.717) is 25.1 Å². The maximum Gasteiger partial charge on any atom is 0.263 e. The first kappa shape index (κ1) is 14.4. The summed E-state index contributed by atoms with van der Waals surface area (Å²) >= 11 is 0. The molecule has 6 heteroatoms. The Hall–Kier alpha value is -1.04. The van der Waals surface area contributed by atoms with Crippen LogP contribution in [0.4, 0.5) is 0 Å². The fourth-order valence-corrected chi connectivity index (χ4v) is 3.06. The zero-order valence-electron chi connectivity index (χ0n) is 10.7. The van der Waals surface area contributed by atoms with Crippen LogP contribution in [0.2, 0.25) is 0 Å². The third-order valence-electron chi connectivity index (χ3n) is 2.84. The molecule has 0 amide bonds. The Morgan fingerprint density at radius 2 is 2.00 bits per heavy atom. The molecule has 1 heterocycles. The molecular weight excluding hydrogens is 286 g/mol. The van der Waals surface area contributed by atoms with Crippen LogP contribution in [0.1, 0.15) is 13.3 Å². The van der Waals surface area contributed by atoms with Crippen LogP contribution < -0.4 is 0 Å². The number of ether oxygens (including phenoxy) is 1. The van der Waals surface area contributed by atoms with E-state index in [0.717, 1.165) is 11.9 Å². The van der Waals surface area contributed by atoms with E-state index in [2.05, 4.69) is 0 Å². The van der Waals surface area contributed by atoms with Gasteiger partial charge in [-0.3, -0.25) is 0 Å². The van der Waals surface area contributed by atoms with E-state index in [-0.39, 0.29) is 4.90 Å². The lowest BCUT2D eigenvalue weighted by Crippen LogP contribution is -2.05. The fraction of sp³-hybridized carbons (Fsp3) is 0.385. The summed E-state index contributed by atoms with van der Waals surface area (Å²) in [5.74, 6) is 0. The van der Waals surface area contributed by atoms with Gasteiger partial charge in [0.1, 0.15) is 4.90 Å². The van der Waals surface area contributed by atoms with Gasteiger partial charge in [0.2, 0.25) is 0 Å². The predicted octanol–water partition coefficient (Wildman–Crippen LogP) is 3.00. The number of aromatic nitrogens is 1. The number of rotatable bonds is 6. The molecule has 0 bridgehead atoms. The maximum absolute atomic E-state index is 11.6. The highest BCUT2D eigenvalue weighted by molar-refractivity contribution is 8.14. The van der Waals surface area contributed by atoms with Crippen molar-refractivity contribution in [2.45, 2.75) is 24.8 Å².